The van der Waals surface area contributed by atoms with E-state index in [1.54, 1.807) is 23.5 Å². The van der Waals surface area contributed by atoms with E-state index in [2.05, 4.69) is 10.3 Å². The molecule has 0 aliphatic carbocycles. The number of Topliss-reactive ketones (excluding diaryl/α,β-unsaturated/α-hetero) is 1. The molecule has 3 rings (SSSR count). The molecule has 0 bridgehead atoms. The fourth-order valence-corrected chi connectivity index (χ4v) is 2.83. The number of oxazole rings is 1. The van der Waals surface area contributed by atoms with Gasteiger partial charge < -0.3 is 9.73 Å². The molecule has 2 aromatic heterocycles. The van der Waals surface area contributed by atoms with Gasteiger partial charge >= 0.3 is 0 Å². The zero-order valence-corrected chi connectivity index (χ0v) is 13.7. The van der Waals surface area contributed by atoms with Crippen LogP contribution in [0.3, 0.4) is 0 Å². The molecule has 0 fully saturated rings. The van der Waals surface area contributed by atoms with Gasteiger partial charge in [-0.3, -0.25) is 9.59 Å². The van der Waals surface area contributed by atoms with Crippen LogP contribution in [0.5, 0.6) is 0 Å². The molecule has 1 amide bonds. The lowest BCUT2D eigenvalue weighted by molar-refractivity contribution is -0.121. The van der Waals surface area contributed by atoms with Crippen LogP contribution in [0.15, 0.2) is 58.5 Å². The van der Waals surface area contributed by atoms with Crippen LogP contribution in [0.1, 0.15) is 28.9 Å². The van der Waals surface area contributed by atoms with Crippen molar-refractivity contribution in [3.05, 3.63) is 65.4 Å². The molecule has 24 heavy (non-hydrogen) atoms. The van der Waals surface area contributed by atoms with Crippen LogP contribution in [0.2, 0.25) is 0 Å². The summed E-state index contributed by atoms with van der Waals surface area (Å²) in [6, 6.07) is 12.8. The first-order chi connectivity index (χ1) is 11.7. The number of hydrogen-bond donors (Lipinski definition) is 1. The number of carbonyl (C=O) groups excluding carboxylic acids is 2. The van der Waals surface area contributed by atoms with E-state index < -0.39 is 0 Å². The Hall–Kier alpha value is -2.73. The second-order valence-corrected chi connectivity index (χ2v) is 6.13. The van der Waals surface area contributed by atoms with Gasteiger partial charge in [0.2, 0.25) is 11.8 Å². The summed E-state index contributed by atoms with van der Waals surface area (Å²) in [6.45, 7) is 0.285. The zero-order valence-electron chi connectivity index (χ0n) is 12.9. The van der Waals surface area contributed by atoms with Gasteiger partial charge in [0.15, 0.2) is 5.78 Å². The predicted octanol–water partition coefficient (Wildman–Crippen LogP) is 3.68. The average molecular weight is 340 g/mol. The van der Waals surface area contributed by atoms with Crippen LogP contribution in [0, 0.1) is 0 Å². The van der Waals surface area contributed by atoms with Gasteiger partial charge in [-0.2, -0.15) is 0 Å². The second-order valence-electron chi connectivity index (χ2n) is 5.19. The lowest BCUT2D eigenvalue weighted by atomic mass is 10.1. The molecule has 6 heteroatoms. The molecule has 0 atom stereocenters. The molecule has 1 aromatic carbocycles. The van der Waals surface area contributed by atoms with Crippen molar-refractivity contribution in [2.75, 3.05) is 0 Å². The van der Waals surface area contributed by atoms with Gasteiger partial charge in [-0.25, -0.2) is 4.98 Å². The third-order valence-corrected chi connectivity index (χ3v) is 4.28. The minimum Gasteiger partial charge on any atom is -0.443 e. The Morgan fingerprint density at radius 2 is 1.92 bits per heavy atom. The third kappa shape index (κ3) is 4.17. The Kier molecular flexibility index (Phi) is 5.18. The van der Waals surface area contributed by atoms with Gasteiger partial charge in [0.25, 0.3) is 0 Å². The molecule has 0 aliphatic heterocycles. The maximum Gasteiger partial charge on any atom is 0.236 e. The van der Waals surface area contributed by atoms with Crippen molar-refractivity contribution in [3.8, 4) is 10.8 Å². The van der Waals surface area contributed by atoms with Crippen molar-refractivity contribution in [1.82, 2.24) is 10.3 Å². The molecule has 0 unspecified atom stereocenters. The molecule has 122 valence electrons. The van der Waals surface area contributed by atoms with E-state index in [4.69, 9.17) is 4.42 Å². The molecule has 5 nitrogen and oxygen atoms in total. The normalized spacial score (nSPS) is 10.5. The Morgan fingerprint density at radius 3 is 2.67 bits per heavy atom. The van der Waals surface area contributed by atoms with E-state index in [-0.39, 0.29) is 31.1 Å². The molecule has 0 aliphatic rings. The summed E-state index contributed by atoms with van der Waals surface area (Å²) >= 11 is 1.54. The maximum absolute atomic E-state index is 12.0. The highest BCUT2D eigenvalue weighted by atomic mass is 32.1. The SMILES string of the molecule is O=C(CCC(=O)c1ccccc1)NCc1coc(-c2cccs2)n1. The molecule has 1 N–H and O–H groups in total. The van der Waals surface area contributed by atoms with Crippen LogP contribution in [0.4, 0.5) is 0 Å². The van der Waals surface area contributed by atoms with E-state index in [1.807, 2.05) is 35.7 Å². The van der Waals surface area contributed by atoms with Gasteiger partial charge in [-0.15, -0.1) is 11.3 Å². The van der Waals surface area contributed by atoms with Gasteiger partial charge in [0, 0.05) is 18.4 Å². The molecule has 2 heterocycles. The van der Waals surface area contributed by atoms with Crippen LogP contribution in [-0.4, -0.2) is 16.7 Å². The monoisotopic (exact) mass is 340 g/mol. The highest BCUT2D eigenvalue weighted by Gasteiger charge is 2.11. The standard InChI is InChI=1S/C18H16N2O3S/c21-15(13-5-2-1-3-6-13)8-9-17(22)19-11-14-12-23-18(20-14)16-7-4-10-24-16/h1-7,10,12H,8-9,11H2,(H,19,22). The summed E-state index contributed by atoms with van der Waals surface area (Å²) < 4.78 is 5.39. The Balaban J connectivity index is 1.45. The van der Waals surface area contributed by atoms with Crippen molar-refractivity contribution >= 4 is 23.0 Å². The van der Waals surface area contributed by atoms with Crippen LogP contribution in [-0.2, 0) is 11.3 Å². The van der Waals surface area contributed by atoms with E-state index in [1.165, 1.54) is 6.26 Å². The number of nitrogens with one attached hydrogen (secondary N) is 1. The van der Waals surface area contributed by atoms with Crippen molar-refractivity contribution in [3.63, 3.8) is 0 Å². The van der Waals surface area contributed by atoms with Crippen molar-refractivity contribution in [2.24, 2.45) is 0 Å². The highest BCUT2D eigenvalue weighted by Crippen LogP contribution is 2.23. The van der Waals surface area contributed by atoms with Crippen LogP contribution in [0.25, 0.3) is 10.8 Å². The maximum atomic E-state index is 12.0. The summed E-state index contributed by atoms with van der Waals surface area (Å²) in [4.78, 5) is 29.1. The number of nitrogens with zero attached hydrogens (tertiary/aromatic N) is 1. The fourth-order valence-electron chi connectivity index (χ4n) is 2.17. The summed E-state index contributed by atoms with van der Waals surface area (Å²) in [5, 5.41) is 4.70. The van der Waals surface area contributed by atoms with E-state index in [9.17, 15) is 9.59 Å². The molecule has 3 aromatic rings. The van der Waals surface area contributed by atoms with Gasteiger partial charge in [-0.1, -0.05) is 36.4 Å². The van der Waals surface area contributed by atoms with Gasteiger partial charge in [0.05, 0.1) is 17.1 Å². The lowest BCUT2D eigenvalue weighted by Gasteiger charge is -2.03. The number of aromatic nitrogens is 1. The minimum atomic E-state index is -0.181. The number of thiophene rings is 1. The molecule has 0 saturated carbocycles. The summed E-state index contributed by atoms with van der Waals surface area (Å²) in [5.74, 6) is 0.334. The summed E-state index contributed by atoms with van der Waals surface area (Å²) in [6.07, 6.45) is 1.88. The Bertz CT molecular complexity index is 810. The fraction of sp³-hybridized carbons (Fsp3) is 0.167. The lowest BCUT2D eigenvalue weighted by Crippen LogP contribution is -2.23. The number of benzene rings is 1. The number of ketones is 1. The van der Waals surface area contributed by atoms with Crippen LogP contribution < -0.4 is 5.32 Å². The highest BCUT2D eigenvalue weighted by molar-refractivity contribution is 7.13. The molecular formula is C18H16N2O3S. The Labute approximate surface area is 143 Å². The van der Waals surface area contributed by atoms with Crippen molar-refractivity contribution in [2.45, 2.75) is 19.4 Å². The number of hydrogen-bond acceptors (Lipinski definition) is 5. The summed E-state index contributed by atoms with van der Waals surface area (Å²) in [5.41, 5.74) is 1.28. The smallest absolute Gasteiger partial charge is 0.236 e. The van der Waals surface area contributed by atoms with E-state index >= 15 is 0 Å². The number of amides is 1. The quantitative estimate of drug-likeness (QED) is 0.666. The third-order valence-electron chi connectivity index (χ3n) is 3.43. The van der Waals surface area contributed by atoms with Crippen LogP contribution >= 0.6 is 11.3 Å². The topological polar surface area (TPSA) is 72.2 Å². The van der Waals surface area contributed by atoms with Crippen molar-refractivity contribution in [1.29, 1.82) is 0 Å². The minimum absolute atomic E-state index is 0.0350. The summed E-state index contributed by atoms with van der Waals surface area (Å²) in [7, 11) is 0. The number of carbonyl (C=O) groups is 2. The van der Waals surface area contributed by atoms with Gasteiger partial charge in [0.1, 0.15) is 6.26 Å². The predicted molar refractivity (Wildman–Crippen MR) is 91.7 cm³/mol. The average Bonchev–Trinajstić information content (AvgIpc) is 3.29. The first kappa shape index (κ1) is 16.1. The van der Waals surface area contributed by atoms with Gasteiger partial charge in [-0.05, 0) is 11.4 Å². The van der Waals surface area contributed by atoms with E-state index in [0.29, 0.717) is 17.1 Å². The second kappa shape index (κ2) is 7.70. The Morgan fingerprint density at radius 1 is 1.08 bits per heavy atom. The first-order valence-corrected chi connectivity index (χ1v) is 8.43. The number of rotatable bonds is 7. The molecular weight excluding hydrogens is 324 g/mol. The molecule has 0 radical (unpaired) electrons. The first-order valence-electron chi connectivity index (χ1n) is 7.55. The van der Waals surface area contributed by atoms with Crippen molar-refractivity contribution < 1.29 is 14.0 Å². The largest absolute Gasteiger partial charge is 0.443 e. The zero-order chi connectivity index (χ0) is 16.8. The molecule has 0 spiro atoms. The van der Waals surface area contributed by atoms with E-state index in [0.717, 1.165) is 4.88 Å². The molecule has 0 saturated heterocycles.